The Morgan fingerprint density at radius 1 is 1.28 bits per heavy atom. The fourth-order valence-electron chi connectivity index (χ4n) is 3.00. The van der Waals surface area contributed by atoms with Gasteiger partial charge in [0, 0.05) is 24.7 Å². The number of aliphatic carboxylic acids is 1. The zero-order chi connectivity index (χ0) is 18.7. The molecule has 0 heterocycles. The van der Waals surface area contributed by atoms with Crippen LogP contribution in [0.4, 0.5) is 0 Å². The summed E-state index contributed by atoms with van der Waals surface area (Å²) in [4.78, 5) is 22.5. The molecule has 0 radical (unpaired) electrons. The van der Waals surface area contributed by atoms with Crippen LogP contribution in [0.2, 0.25) is 0 Å². The average molecular weight is 350 g/mol. The van der Waals surface area contributed by atoms with Gasteiger partial charge in [-0.2, -0.15) is 0 Å². The first-order chi connectivity index (χ1) is 12.0. The Hall–Kier alpha value is -1.72. The third-order valence-corrected chi connectivity index (χ3v) is 4.39. The molecule has 1 aliphatic carbocycles. The number of Topliss-reactive ketones (excluding diaryl/α,β-unsaturated/α-hetero) is 1. The molecule has 0 aromatic heterocycles. The summed E-state index contributed by atoms with van der Waals surface area (Å²) in [5, 5.41) is 28.6. The Morgan fingerprint density at radius 2 is 2.04 bits per heavy atom. The average Bonchev–Trinajstić information content (AvgIpc) is 2.82. The third-order valence-electron chi connectivity index (χ3n) is 4.39. The minimum Gasteiger partial charge on any atom is -0.481 e. The molecule has 0 aromatic rings. The SMILES string of the molecule is CC/C=C\C[C@H](O)/C=C/[C@H]1C(=O)C[C@H](O)C1C/C=C\CCCC(=O)O. The van der Waals surface area contributed by atoms with Crippen LogP contribution in [0.3, 0.4) is 0 Å². The fraction of sp³-hybridized carbons (Fsp3) is 0.600. The number of rotatable bonds is 11. The first kappa shape index (κ1) is 21.3. The molecule has 1 unspecified atom stereocenters. The molecule has 3 N–H and O–H groups in total. The van der Waals surface area contributed by atoms with Gasteiger partial charge in [-0.1, -0.05) is 43.4 Å². The van der Waals surface area contributed by atoms with Crippen LogP contribution in [0.1, 0.15) is 51.9 Å². The van der Waals surface area contributed by atoms with Crippen LogP contribution in [0, 0.1) is 11.8 Å². The van der Waals surface area contributed by atoms with Gasteiger partial charge in [0.15, 0.2) is 0 Å². The highest BCUT2D eigenvalue weighted by Gasteiger charge is 2.39. The number of hydrogen-bond donors (Lipinski definition) is 3. The molecule has 5 heteroatoms. The topological polar surface area (TPSA) is 94.8 Å². The van der Waals surface area contributed by atoms with E-state index in [2.05, 4.69) is 0 Å². The number of carbonyl (C=O) groups is 2. The van der Waals surface area contributed by atoms with Crippen LogP contribution < -0.4 is 0 Å². The maximum atomic E-state index is 12.1. The molecule has 0 spiro atoms. The molecule has 4 atom stereocenters. The summed E-state index contributed by atoms with van der Waals surface area (Å²) in [7, 11) is 0. The van der Waals surface area contributed by atoms with E-state index in [0.717, 1.165) is 6.42 Å². The van der Waals surface area contributed by atoms with Crippen LogP contribution in [0.25, 0.3) is 0 Å². The normalized spacial score (nSPS) is 25.6. The number of ketones is 1. The van der Waals surface area contributed by atoms with E-state index in [1.807, 2.05) is 31.2 Å². The van der Waals surface area contributed by atoms with Gasteiger partial charge >= 0.3 is 5.97 Å². The lowest BCUT2D eigenvalue weighted by Crippen LogP contribution is -2.19. The molecule has 1 fully saturated rings. The van der Waals surface area contributed by atoms with E-state index >= 15 is 0 Å². The number of allylic oxidation sites excluding steroid dienone is 4. The van der Waals surface area contributed by atoms with Crippen molar-refractivity contribution in [2.75, 3.05) is 0 Å². The van der Waals surface area contributed by atoms with Gasteiger partial charge < -0.3 is 15.3 Å². The van der Waals surface area contributed by atoms with Crippen LogP contribution in [-0.4, -0.2) is 39.3 Å². The second kappa shape index (κ2) is 11.8. The number of carbonyl (C=O) groups excluding carboxylic acids is 1. The van der Waals surface area contributed by atoms with Crippen LogP contribution in [-0.2, 0) is 9.59 Å². The summed E-state index contributed by atoms with van der Waals surface area (Å²) >= 11 is 0. The molecule has 0 saturated heterocycles. The van der Waals surface area contributed by atoms with Gasteiger partial charge in [-0.15, -0.1) is 0 Å². The minimum atomic E-state index is -0.803. The van der Waals surface area contributed by atoms with Crippen molar-refractivity contribution < 1.29 is 24.9 Å². The Kier molecular flexibility index (Phi) is 10.0. The van der Waals surface area contributed by atoms with E-state index in [1.54, 1.807) is 12.2 Å². The summed E-state index contributed by atoms with van der Waals surface area (Å²) in [5.41, 5.74) is 0. The van der Waals surface area contributed by atoms with Crippen molar-refractivity contribution in [3.8, 4) is 0 Å². The zero-order valence-corrected chi connectivity index (χ0v) is 14.9. The van der Waals surface area contributed by atoms with Crippen molar-refractivity contribution in [3.63, 3.8) is 0 Å². The van der Waals surface area contributed by atoms with Gasteiger partial charge in [0.2, 0.25) is 0 Å². The second-order valence-electron chi connectivity index (χ2n) is 6.49. The molecule has 1 saturated carbocycles. The summed E-state index contributed by atoms with van der Waals surface area (Å²) in [6.07, 6.45) is 13.4. The molecule has 1 rings (SSSR count). The molecule has 1 aliphatic rings. The molecule has 140 valence electrons. The van der Waals surface area contributed by atoms with Gasteiger partial charge in [0.1, 0.15) is 5.78 Å². The maximum Gasteiger partial charge on any atom is 0.303 e. The highest BCUT2D eigenvalue weighted by atomic mass is 16.4. The quantitative estimate of drug-likeness (QED) is 0.393. The summed E-state index contributed by atoms with van der Waals surface area (Å²) in [6, 6.07) is 0. The molecule has 0 aromatic carbocycles. The monoisotopic (exact) mass is 350 g/mol. The molecular weight excluding hydrogens is 320 g/mol. The fourth-order valence-corrected chi connectivity index (χ4v) is 3.00. The molecular formula is C20H30O5. The molecule has 0 aliphatic heterocycles. The van der Waals surface area contributed by atoms with Crippen molar-refractivity contribution in [1.82, 2.24) is 0 Å². The third kappa shape index (κ3) is 8.27. The lowest BCUT2D eigenvalue weighted by atomic mass is 9.90. The van der Waals surface area contributed by atoms with E-state index in [0.29, 0.717) is 25.7 Å². The van der Waals surface area contributed by atoms with Crippen LogP contribution in [0.15, 0.2) is 36.5 Å². The summed E-state index contributed by atoms with van der Waals surface area (Å²) in [5.74, 6) is -1.35. The Morgan fingerprint density at radius 3 is 2.72 bits per heavy atom. The molecule has 0 amide bonds. The van der Waals surface area contributed by atoms with E-state index in [1.165, 1.54) is 0 Å². The molecule has 5 nitrogen and oxygen atoms in total. The first-order valence-corrected chi connectivity index (χ1v) is 9.04. The molecule has 25 heavy (non-hydrogen) atoms. The zero-order valence-electron chi connectivity index (χ0n) is 14.9. The van der Waals surface area contributed by atoms with E-state index < -0.39 is 18.2 Å². The Labute approximate surface area is 149 Å². The van der Waals surface area contributed by atoms with Gasteiger partial charge in [-0.05, 0) is 32.1 Å². The van der Waals surface area contributed by atoms with Crippen molar-refractivity contribution in [2.45, 2.75) is 64.1 Å². The Balaban J connectivity index is 2.52. The van der Waals surface area contributed by atoms with E-state index in [9.17, 15) is 19.8 Å². The van der Waals surface area contributed by atoms with Crippen LogP contribution >= 0.6 is 0 Å². The number of carboxylic acid groups (broad SMARTS) is 1. The van der Waals surface area contributed by atoms with E-state index in [4.69, 9.17) is 5.11 Å². The highest BCUT2D eigenvalue weighted by Crippen LogP contribution is 2.33. The summed E-state index contributed by atoms with van der Waals surface area (Å²) < 4.78 is 0. The largest absolute Gasteiger partial charge is 0.481 e. The first-order valence-electron chi connectivity index (χ1n) is 9.04. The van der Waals surface area contributed by atoms with Crippen molar-refractivity contribution in [3.05, 3.63) is 36.5 Å². The van der Waals surface area contributed by atoms with Crippen molar-refractivity contribution >= 4 is 11.8 Å². The van der Waals surface area contributed by atoms with Crippen molar-refractivity contribution in [2.24, 2.45) is 11.8 Å². The van der Waals surface area contributed by atoms with Gasteiger partial charge in [-0.25, -0.2) is 0 Å². The number of aliphatic hydroxyl groups is 2. The number of aliphatic hydroxyl groups excluding tert-OH is 2. The summed E-state index contributed by atoms with van der Waals surface area (Å²) in [6.45, 7) is 2.02. The van der Waals surface area contributed by atoms with Gasteiger partial charge in [0.05, 0.1) is 12.2 Å². The maximum absolute atomic E-state index is 12.1. The lowest BCUT2D eigenvalue weighted by Gasteiger charge is -2.17. The van der Waals surface area contributed by atoms with Gasteiger partial charge in [-0.3, -0.25) is 9.59 Å². The van der Waals surface area contributed by atoms with Crippen molar-refractivity contribution in [1.29, 1.82) is 0 Å². The predicted octanol–water partition coefficient (Wildman–Crippen LogP) is 3.03. The van der Waals surface area contributed by atoms with E-state index in [-0.39, 0.29) is 30.5 Å². The lowest BCUT2D eigenvalue weighted by molar-refractivity contribution is -0.137. The van der Waals surface area contributed by atoms with Gasteiger partial charge in [0.25, 0.3) is 0 Å². The predicted molar refractivity (Wildman–Crippen MR) is 97.0 cm³/mol. The smallest absolute Gasteiger partial charge is 0.303 e. The second-order valence-corrected chi connectivity index (χ2v) is 6.49. The number of hydrogen-bond acceptors (Lipinski definition) is 4. The number of unbranched alkanes of at least 4 members (excludes halogenated alkanes) is 1. The Bertz CT molecular complexity index is 506. The number of carboxylic acids is 1. The van der Waals surface area contributed by atoms with Crippen LogP contribution in [0.5, 0.6) is 0 Å². The minimum absolute atomic E-state index is 0.00401. The highest BCUT2D eigenvalue weighted by molar-refractivity contribution is 5.86. The molecule has 0 bridgehead atoms. The standard InChI is InChI=1S/C20H30O5/c1-2-3-6-9-15(21)12-13-17-16(18(22)14-19(17)23)10-7-4-5-8-11-20(24)25/h3-4,6-7,12-13,15-18,21-22H,2,5,8-11,14H2,1H3,(H,24,25)/b6-3-,7-4-,13-12+/t15-,16?,17+,18-/m0/s1.